The zero-order valence-electron chi connectivity index (χ0n) is 20.2. The minimum absolute atomic E-state index is 0.0364. The number of sulfonamides is 2. The number of carbonyl (C=O) groups is 1. The normalized spacial score (nSPS) is 26.1. The van der Waals surface area contributed by atoms with Crippen molar-refractivity contribution in [2.24, 2.45) is 10.3 Å². The minimum Gasteiger partial charge on any atom is -0.509 e. The first-order valence-corrected chi connectivity index (χ1v) is 15.2. The van der Waals surface area contributed by atoms with Crippen molar-refractivity contribution in [3.05, 3.63) is 65.2 Å². The fraction of sp³-hybridized carbons (Fsp3) is 0.333. The first-order chi connectivity index (χ1) is 17.9. The maximum absolute atomic E-state index is 13.9. The van der Waals surface area contributed by atoms with E-state index in [1.165, 1.54) is 29.3 Å². The predicted molar refractivity (Wildman–Crippen MR) is 137 cm³/mol. The van der Waals surface area contributed by atoms with Gasteiger partial charge in [0.2, 0.25) is 10.0 Å². The first kappa shape index (κ1) is 24.8. The van der Waals surface area contributed by atoms with Crippen LogP contribution >= 0.6 is 0 Å². The molecule has 2 aromatic carbocycles. The van der Waals surface area contributed by atoms with Crippen molar-refractivity contribution in [1.29, 1.82) is 0 Å². The van der Waals surface area contributed by atoms with Gasteiger partial charge in [0.05, 0.1) is 18.5 Å². The highest BCUT2D eigenvalue weighted by Gasteiger charge is 2.64. The number of amides is 1. The zero-order valence-corrected chi connectivity index (χ0v) is 21.8. The number of nitrogens with zero attached hydrogens (tertiary/aromatic N) is 3. The van der Waals surface area contributed by atoms with Crippen LogP contribution in [0.3, 0.4) is 0 Å². The van der Waals surface area contributed by atoms with E-state index in [1.54, 1.807) is 12.1 Å². The second-order valence-electron chi connectivity index (χ2n) is 9.91. The van der Waals surface area contributed by atoms with Crippen LogP contribution in [0.1, 0.15) is 24.8 Å². The van der Waals surface area contributed by atoms with Crippen LogP contribution < -0.4 is 10.0 Å². The van der Waals surface area contributed by atoms with Crippen molar-refractivity contribution >= 4 is 43.2 Å². The number of rotatable bonds is 5. The van der Waals surface area contributed by atoms with Crippen LogP contribution in [-0.4, -0.2) is 62.0 Å². The fourth-order valence-corrected chi connectivity index (χ4v) is 7.53. The second kappa shape index (κ2) is 8.25. The largest absolute Gasteiger partial charge is 0.509 e. The Morgan fingerprint density at radius 2 is 1.95 bits per heavy atom. The molecular weight excluding hydrogens is 537 g/mol. The van der Waals surface area contributed by atoms with E-state index in [0.717, 1.165) is 25.2 Å². The number of fused-ring (bicyclic) bond motifs is 1. The van der Waals surface area contributed by atoms with Crippen LogP contribution in [-0.2, 0) is 31.4 Å². The molecule has 0 radical (unpaired) electrons. The number of nitrogens with one attached hydrogen (secondary N) is 2. The molecule has 11 nitrogen and oxygen atoms in total. The summed E-state index contributed by atoms with van der Waals surface area (Å²) in [7, 11) is -8.01. The summed E-state index contributed by atoms with van der Waals surface area (Å²) in [5.41, 5.74) is -0.290. The minimum atomic E-state index is -4.36. The molecule has 14 heteroatoms. The van der Waals surface area contributed by atoms with Crippen molar-refractivity contribution < 1.29 is 31.1 Å². The number of hydrogen-bond donors (Lipinski definition) is 3. The van der Waals surface area contributed by atoms with E-state index in [9.17, 15) is 31.1 Å². The molecule has 0 bridgehead atoms. The summed E-state index contributed by atoms with van der Waals surface area (Å²) in [5, 5.41) is 17.7. The van der Waals surface area contributed by atoms with Crippen molar-refractivity contribution in [1.82, 2.24) is 10.0 Å². The van der Waals surface area contributed by atoms with Crippen LogP contribution in [0.2, 0.25) is 0 Å². The van der Waals surface area contributed by atoms with Gasteiger partial charge in [-0.1, -0.05) is 12.1 Å². The lowest BCUT2D eigenvalue weighted by molar-refractivity contribution is -0.172. The zero-order chi connectivity index (χ0) is 27.0. The smallest absolute Gasteiger partial charge is 0.286 e. The molecule has 4 aliphatic rings. The number of hydrogen-bond acceptors (Lipinski definition) is 8. The van der Waals surface area contributed by atoms with Crippen LogP contribution in [0.25, 0.3) is 0 Å². The third-order valence-electron chi connectivity index (χ3n) is 7.60. The number of aliphatic hydroxyl groups excluding tert-OH is 1. The van der Waals surface area contributed by atoms with Crippen molar-refractivity contribution in [2.45, 2.75) is 36.2 Å². The van der Waals surface area contributed by atoms with Gasteiger partial charge < -0.3 is 10.4 Å². The van der Waals surface area contributed by atoms with Gasteiger partial charge in [0.15, 0.2) is 5.84 Å². The molecule has 1 saturated carbocycles. The molecule has 3 N–H and O–H groups in total. The highest BCUT2D eigenvalue weighted by molar-refractivity contribution is 7.92. The number of hydrazine groups is 1. The van der Waals surface area contributed by atoms with E-state index >= 15 is 0 Å². The molecule has 1 spiro atoms. The molecule has 200 valence electrons. The summed E-state index contributed by atoms with van der Waals surface area (Å²) >= 11 is 0. The number of aliphatic hydroxyl groups is 1. The molecule has 3 aliphatic heterocycles. The standard InChI is InChI=1S/C24H24FN5O6S2/c1-37(33,34)27-17-6-7-18-19(12-17)38(35,36)28-22(26-18)20-21(31)24-10-8-15(24)9-11-30(24)29(23(20)32)13-14-2-4-16(25)5-3-14/h2-7,12,15,27,31H,8-11,13H2,1H3,(H,26,28)/t15-,24-/m0/s1. The van der Waals surface area contributed by atoms with Gasteiger partial charge in [-0.2, -0.15) is 8.42 Å². The van der Waals surface area contributed by atoms with Crippen LogP contribution in [0, 0.1) is 11.7 Å². The van der Waals surface area contributed by atoms with E-state index in [0.29, 0.717) is 18.5 Å². The second-order valence-corrected chi connectivity index (χ2v) is 13.2. The Bertz CT molecular complexity index is 1660. The van der Waals surface area contributed by atoms with Crippen LogP contribution in [0.4, 0.5) is 15.8 Å². The molecular formula is C24H24FN5O6S2. The monoisotopic (exact) mass is 561 g/mol. The summed E-state index contributed by atoms with van der Waals surface area (Å²) in [4.78, 5) is 13.6. The molecule has 1 amide bonds. The Labute approximate surface area is 218 Å². The van der Waals surface area contributed by atoms with Crippen molar-refractivity contribution in [3.63, 3.8) is 0 Å². The van der Waals surface area contributed by atoms with E-state index in [4.69, 9.17) is 0 Å². The molecule has 38 heavy (non-hydrogen) atoms. The number of amidine groups is 1. The van der Waals surface area contributed by atoms with E-state index in [-0.39, 0.29) is 45.9 Å². The molecule has 1 aliphatic carbocycles. The fourth-order valence-electron chi connectivity index (χ4n) is 5.83. The topological polar surface area (TPSA) is 148 Å². The SMILES string of the molecule is CS(=O)(=O)Nc1ccc2c(c1)S(=O)(=O)N=C(C1=C(O)[C@]34CC[C@H]3CCN4N(Cc3ccc(F)cc3)C1=O)N2. The van der Waals surface area contributed by atoms with Crippen molar-refractivity contribution in [2.75, 3.05) is 22.8 Å². The van der Waals surface area contributed by atoms with Gasteiger partial charge in [0.1, 0.15) is 27.6 Å². The van der Waals surface area contributed by atoms with E-state index in [2.05, 4.69) is 14.4 Å². The molecule has 0 unspecified atom stereocenters. The van der Waals surface area contributed by atoms with E-state index < -0.39 is 37.3 Å². The number of benzene rings is 2. The lowest BCUT2D eigenvalue weighted by Crippen LogP contribution is -2.66. The number of carbonyl (C=O) groups excluding carboxylic acids is 1. The highest BCUT2D eigenvalue weighted by atomic mass is 32.2. The van der Waals surface area contributed by atoms with Gasteiger partial charge in [-0.05, 0) is 61.1 Å². The average molecular weight is 562 g/mol. The first-order valence-electron chi connectivity index (χ1n) is 11.9. The van der Waals surface area contributed by atoms with Gasteiger partial charge in [0.25, 0.3) is 15.9 Å². The summed E-state index contributed by atoms with van der Waals surface area (Å²) < 4.78 is 69.1. The third-order valence-corrected chi connectivity index (χ3v) is 9.52. The Morgan fingerprint density at radius 3 is 2.61 bits per heavy atom. The number of anilines is 2. The van der Waals surface area contributed by atoms with E-state index in [1.807, 2.05) is 5.01 Å². The summed E-state index contributed by atoms with van der Waals surface area (Å²) in [6.07, 6.45) is 3.12. The maximum atomic E-state index is 13.9. The van der Waals surface area contributed by atoms with Gasteiger partial charge in [-0.3, -0.25) is 14.5 Å². The van der Waals surface area contributed by atoms with Gasteiger partial charge in [-0.15, -0.1) is 4.40 Å². The van der Waals surface area contributed by atoms with Gasteiger partial charge in [0, 0.05) is 12.2 Å². The molecule has 1 saturated heterocycles. The Morgan fingerprint density at radius 1 is 1.21 bits per heavy atom. The van der Waals surface area contributed by atoms with Gasteiger partial charge in [-0.25, -0.2) is 17.8 Å². The Kier molecular flexibility index (Phi) is 5.39. The molecule has 2 aromatic rings. The van der Waals surface area contributed by atoms with Crippen LogP contribution in [0.5, 0.6) is 0 Å². The molecule has 2 fully saturated rings. The Balaban J connectivity index is 1.43. The summed E-state index contributed by atoms with van der Waals surface area (Å²) in [6, 6.07) is 9.61. The van der Waals surface area contributed by atoms with Crippen molar-refractivity contribution in [3.8, 4) is 0 Å². The third kappa shape index (κ3) is 3.77. The summed E-state index contributed by atoms with van der Waals surface area (Å²) in [6.45, 7) is 0.633. The quantitative estimate of drug-likeness (QED) is 0.504. The predicted octanol–water partition coefficient (Wildman–Crippen LogP) is 2.33. The van der Waals surface area contributed by atoms with Crippen LogP contribution in [0.15, 0.2) is 63.1 Å². The number of halogens is 1. The lowest BCUT2D eigenvalue weighted by atomic mass is 9.65. The molecule has 2 atom stereocenters. The molecule has 3 heterocycles. The lowest BCUT2D eigenvalue weighted by Gasteiger charge is -2.55. The maximum Gasteiger partial charge on any atom is 0.286 e. The highest BCUT2D eigenvalue weighted by Crippen LogP contribution is 2.57. The van der Waals surface area contributed by atoms with Gasteiger partial charge >= 0.3 is 0 Å². The molecule has 6 rings (SSSR count). The summed E-state index contributed by atoms with van der Waals surface area (Å²) in [5.74, 6) is -1.48. The average Bonchev–Trinajstić information content (AvgIpc) is 3.07. The molecule has 0 aromatic heterocycles. The Hall–Kier alpha value is -3.49.